The van der Waals surface area contributed by atoms with Crippen LogP contribution in [0.1, 0.15) is 23.2 Å². The molecule has 0 fully saturated rings. The van der Waals surface area contributed by atoms with Crippen molar-refractivity contribution >= 4 is 11.8 Å². The molecule has 23 heavy (non-hydrogen) atoms. The molecule has 6 nitrogen and oxygen atoms in total. The number of methoxy groups -OCH3 is 1. The molecule has 7 heteroatoms. The van der Waals surface area contributed by atoms with Gasteiger partial charge in [0.2, 0.25) is 0 Å². The minimum atomic E-state index is -1.17. The lowest BCUT2D eigenvalue weighted by atomic mass is 10.1. The molecule has 2 aromatic rings. The Kier molecular flexibility index (Phi) is 4.01. The van der Waals surface area contributed by atoms with E-state index in [9.17, 15) is 14.3 Å². The lowest BCUT2D eigenvalue weighted by Crippen LogP contribution is -2.16. The van der Waals surface area contributed by atoms with Gasteiger partial charge in [0.15, 0.2) is 28.7 Å². The maximum absolute atomic E-state index is 13.5. The van der Waals surface area contributed by atoms with E-state index in [1.54, 1.807) is 0 Å². The van der Waals surface area contributed by atoms with E-state index in [-0.39, 0.29) is 28.9 Å². The van der Waals surface area contributed by atoms with Crippen LogP contribution in [0.4, 0.5) is 10.2 Å². The number of aromatic carboxylic acids is 1. The standard InChI is InChI=1S/C16H15FN2O4/c1-22-12-8-9(6-7-11(12)17)14-13(16(20)21)15(19-23-14)18-10-4-2-3-5-10/h2,4,6-8,10H,3,5H2,1H3,(H,18,19)(H,20,21). The fourth-order valence-electron chi connectivity index (χ4n) is 2.51. The molecular weight excluding hydrogens is 303 g/mol. The SMILES string of the molecule is COc1cc(-c2onc(NC3C=CCC3)c2C(=O)O)ccc1F. The molecule has 0 saturated heterocycles. The Morgan fingerprint density at radius 3 is 3.00 bits per heavy atom. The van der Waals surface area contributed by atoms with Crippen LogP contribution in [0.15, 0.2) is 34.9 Å². The summed E-state index contributed by atoms with van der Waals surface area (Å²) < 4.78 is 23.6. The topological polar surface area (TPSA) is 84.6 Å². The van der Waals surface area contributed by atoms with Gasteiger partial charge in [0.1, 0.15) is 0 Å². The number of aromatic nitrogens is 1. The zero-order valence-electron chi connectivity index (χ0n) is 12.4. The van der Waals surface area contributed by atoms with Crippen molar-refractivity contribution in [3.8, 4) is 17.1 Å². The second kappa shape index (κ2) is 6.12. The van der Waals surface area contributed by atoms with E-state index in [0.29, 0.717) is 5.56 Å². The van der Waals surface area contributed by atoms with Crippen molar-refractivity contribution in [2.45, 2.75) is 18.9 Å². The average molecular weight is 318 g/mol. The summed E-state index contributed by atoms with van der Waals surface area (Å²) in [4.78, 5) is 11.6. The van der Waals surface area contributed by atoms with E-state index >= 15 is 0 Å². The Balaban J connectivity index is 2.00. The number of anilines is 1. The number of carboxylic acid groups (broad SMARTS) is 1. The quantitative estimate of drug-likeness (QED) is 0.823. The first-order valence-electron chi connectivity index (χ1n) is 7.10. The summed E-state index contributed by atoms with van der Waals surface area (Å²) in [5.74, 6) is -1.49. The summed E-state index contributed by atoms with van der Waals surface area (Å²) in [7, 11) is 1.33. The highest BCUT2D eigenvalue weighted by atomic mass is 19.1. The Bertz CT molecular complexity index is 769. The molecule has 120 valence electrons. The van der Waals surface area contributed by atoms with Crippen molar-refractivity contribution in [3.05, 3.63) is 41.7 Å². The third-order valence-corrected chi connectivity index (χ3v) is 3.65. The largest absolute Gasteiger partial charge is 0.494 e. The van der Waals surface area contributed by atoms with Gasteiger partial charge in [0.05, 0.1) is 7.11 Å². The van der Waals surface area contributed by atoms with Crippen molar-refractivity contribution in [3.63, 3.8) is 0 Å². The summed E-state index contributed by atoms with van der Waals surface area (Å²) >= 11 is 0. The fraction of sp³-hybridized carbons (Fsp3) is 0.250. The molecule has 1 aliphatic carbocycles. The number of benzene rings is 1. The molecule has 1 heterocycles. The Hall–Kier alpha value is -2.83. The van der Waals surface area contributed by atoms with E-state index in [1.807, 2.05) is 12.2 Å². The minimum absolute atomic E-state index is 0.00322. The van der Waals surface area contributed by atoms with Gasteiger partial charge in [-0.15, -0.1) is 0 Å². The number of ether oxygens (including phenoxy) is 1. The van der Waals surface area contributed by atoms with Gasteiger partial charge < -0.3 is 19.7 Å². The Morgan fingerprint density at radius 1 is 1.52 bits per heavy atom. The third kappa shape index (κ3) is 2.90. The number of rotatable bonds is 5. The van der Waals surface area contributed by atoms with Crippen LogP contribution in [-0.2, 0) is 0 Å². The maximum atomic E-state index is 13.5. The summed E-state index contributed by atoms with van der Waals surface area (Å²) in [5, 5.41) is 16.4. The van der Waals surface area contributed by atoms with Gasteiger partial charge in [0, 0.05) is 11.6 Å². The Labute approximate surface area is 131 Å². The normalized spacial score (nSPS) is 16.5. The van der Waals surface area contributed by atoms with Crippen LogP contribution < -0.4 is 10.1 Å². The van der Waals surface area contributed by atoms with Gasteiger partial charge in [-0.3, -0.25) is 0 Å². The van der Waals surface area contributed by atoms with Crippen LogP contribution in [-0.4, -0.2) is 29.4 Å². The van der Waals surface area contributed by atoms with E-state index in [2.05, 4.69) is 10.5 Å². The lowest BCUT2D eigenvalue weighted by molar-refractivity contribution is 0.0698. The average Bonchev–Trinajstić information content (AvgIpc) is 3.18. The first kappa shape index (κ1) is 15.1. The van der Waals surface area contributed by atoms with Crippen molar-refractivity contribution in [1.82, 2.24) is 5.16 Å². The number of halogens is 1. The molecule has 1 unspecified atom stereocenters. The molecule has 0 radical (unpaired) electrons. The van der Waals surface area contributed by atoms with Crippen LogP contribution >= 0.6 is 0 Å². The molecule has 3 rings (SSSR count). The number of allylic oxidation sites excluding steroid dienone is 1. The fourth-order valence-corrected chi connectivity index (χ4v) is 2.51. The molecule has 2 N–H and O–H groups in total. The second-order valence-corrected chi connectivity index (χ2v) is 5.15. The first-order valence-corrected chi connectivity index (χ1v) is 7.10. The minimum Gasteiger partial charge on any atom is -0.494 e. The van der Waals surface area contributed by atoms with Gasteiger partial charge in [-0.2, -0.15) is 0 Å². The zero-order chi connectivity index (χ0) is 16.4. The van der Waals surface area contributed by atoms with E-state index in [4.69, 9.17) is 9.26 Å². The van der Waals surface area contributed by atoms with Gasteiger partial charge in [-0.25, -0.2) is 9.18 Å². The number of nitrogens with zero attached hydrogens (tertiary/aromatic N) is 1. The van der Waals surface area contributed by atoms with Gasteiger partial charge in [-0.1, -0.05) is 17.3 Å². The molecule has 1 aromatic heterocycles. The van der Waals surface area contributed by atoms with Crippen LogP contribution in [0.25, 0.3) is 11.3 Å². The summed E-state index contributed by atoms with van der Waals surface area (Å²) in [6, 6.07) is 4.01. The predicted molar refractivity (Wildman–Crippen MR) is 81.2 cm³/mol. The van der Waals surface area contributed by atoms with E-state index in [1.165, 1.54) is 25.3 Å². The predicted octanol–water partition coefficient (Wildman–Crippen LogP) is 3.32. The third-order valence-electron chi connectivity index (χ3n) is 3.65. The highest BCUT2D eigenvalue weighted by Crippen LogP contribution is 2.33. The highest BCUT2D eigenvalue weighted by molar-refractivity contribution is 5.99. The molecule has 0 aliphatic heterocycles. The van der Waals surface area contributed by atoms with Crippen LogP contribution in [0.5, 0.6) is 5.75 Å². The molecule has 1 atom stereocenters. The molecule has 0 bridgehead atoms. The molecular formula is C16H15FN2O4. The smallest absolute Gasteiger partial charge is 0.343 e. The second-order valence-electron chi connectivity index (χ2n) is 5.15. The van der Waals surface area contributed by atoms with Crippen molar-refractivity contribution in [2.24, 2.45) is 0 Å². The van der Waals surface area contributed by atoms with Gasteiger partial charge in [-0.05, 0) is 31.0 Å². The molecule has 1 aliphatic rings. The van der Waals surface area contributed by atoms with Crippen LogP contribution in [0, 0.1) is 5.82 Å². The summed E-state index contributed by atoms with van der Waals surface area (Å²) in [5.41, 5.74) is 0.294. The van der Waals surface area contributed by atoms with Crippen LogP contribution in [0.3, 0.4) is 0 Å². The van der Waals surface area contributed by atoms with E-state index in [0.717, 1.165) is 12.8 Å². The van der Waals surface area contributed by atoms with Crippen molar-refractivity contribution in [1.29, 1.82) is 0 Å². The molecule has 0 amide bonds. The molecule has 0 saturated carbocycles. The molecule has 1 aromatic carbocycles. The van der Waals surface area contributed by atoms with Crippen molar-refractivity contribution in [2.75, 3.05) is 12.4 Å². The van der Waals surface area contributed by atoms with Gasteiger partial charge >= 0.3 is 5.97 Å². The number of carboxylic acids is 1. The molecule has 0 spiro atoms. The number of hydrogen-bond acceptors (Lipinski definition) is 5. The van der Waals surface area contributed by atoms with Gasteiger partial charge in [0.25, 0.3) is 0 Å². The summed E-state index contributed by atoms with van der Waals surface area (Å²) in [6.45, 7) is 0. The zero-order valence-corrected chi connectivity index (χ0v) is 12.4. The number of carbonyl (C=O) groups is 1. The number of hydrogen-bond donors (Lipinski definition) is 2. The first-order chi connectivity index (χ1) is 11.1. The highest BCUT2D eigenvalue weighted by Gasteiger charge is 2.26. The van der Waals surface area contributed by atoms with Crippen LogP contribution in [0.2, 0.25) is 0 Å². The maximum Gasteiger partial charge on any atom is 0.343 e. The number of nitrogens with one attached hydrogen (secondary N) is 1. The lowest BCUT2D eigenvalue weighted by Gasteiger charge is -2.09. The van der Waals surface area contributed by atoms with E-state index < -0.39 is 11.8 Å². The van der Waals surface area contributed by atoms with Crippen molar-refractivity contribution < 1.29 is 23.6 Å². The monoisotopic (exact) mass is 318 g/mol. The summed E-state index contributed by atoms with van der Waals surface area (Å²) in [6.07, 6.45) is 5.77. The Morgan fingerprint density at radius 2 is 2.35 bits per heavy atom.